The second-order valence-electron chi connectivity index (χ2n) is 10.2. The van der Waals surface area contributed by atoms with E-state index in [2.05, 4.69) is 25.5 Å². The third-order valence-corrected chi connectivity index (χ3v) is 7.68. The molecule has 0 unspecified atom stereocenters. The Hall–Kier alpha value is -3.36. The van der Waals surface area contributed by atoms with Crippen LogP contribution >= 0.6 is 11.3 Å². The van der Waals surface area contributed by atoms with Gasteiger partial charge in [0.15, 0.2) is 5.13 Å². The molecule has 4 aromatic rings. The highest BCUT2D eigenvalue weighted by atomic mass is 32.2. The van der Waals surface area contributed by atoms with Gasteiger partial charge in [0, 0.05) is 5.56 Å². The van der Waals surface area contributed by atoms with Crippen LogP contribution in [0.4, 0.5) is 5.13 Å². The topological polar surface area (TPSA) is 77.5 Å². The molecule has 8 heteroatoms. The van der Waals surface area contributed by atoms with Gasteiger partial charge >= 0.3 is 0 Å². The van der Waals surface area contributed by atoms with E-state index in [4.69, 9.17) is 14.5 Å². The van der Waals surface area contributed by atoms with Crippen LogP contribution in [0.5, 0.6) is 11.5 Å². The number of nitrogens with one attached hydrogen (secondary N) is 1. The van der Waals surface area contributed by atoms with E-state index in [1.807, 2.05) is 62.4 Å². The van der Waals surface area contributed by atoms with Crippen LogP contribution in [-0.4, -0.2) is 26.1 Å². The van der Waals surface area contributed by atoms with E-state index in [1.165, 1.54) is 11.3 Å². The monoisotopic (exact) mass is 536 g/mol. The number of sulfonamides is 1. The van der Waals surface area contributed by atoms with E-state index in [9.17, 15) is 8.42 Å². The average molecular weight is 537 g/mol. The number of hydrogen-bond acceptors (Lipinski definition) is 6. The third kappa shape index (κ3) is 6.90. The Morgan fingerprint density at radius 2 is 1.65 bits per heavy atom. The molecule has 0 atom stereocenters. The highest BCUT2D eigenvalue weighted by Crippen LogP contribution is 2.43. The van der Waals surface area contributed by atoms with Crippen molar-refractivity contribution in [3.05, 3.63) is 78.9 Å². The van der Waals surface area contributed by atoms with E-state index in [1.54, 1.807) is 30.3 Å². The molecule has 0 saturated heterocycles. The summed E-state index contributed by atoms with van der Waals surface area (Å²) in [5, 5.41) is 0.272. The van der Waals surface area contributed by atoms with Gasteiger partial charge in [-0.25, -0.2) is 13.4 Å². The summed E-state index contributed by atoms with van der Waals surface area (Å²) in [5.41, 5.74) is 2.32. The molecule has 1 N–H and O–H groups in total. The van der Waals surface area contributed by atoms with Crippen LogP contribution in [0.1, 0.15) is 34.6 Å². The zero-order valence-electron chi connectivity index (χ0n) is 21.7. The molecular weight excluding hydrogens is 504 g/mol. The van der Waals surface area contributed by atoms with Crippen LogP contribution in [0.15, 0.2) is 83.8 Å². The van der Waals surface area contributed by atoms with E-state index in [0.717, 1.165) is 21.8 Å². The quantitative estimate of drug-likeness (QED) is 0.240. The predicted octanol–water partition coefficient (Wildman–Crippen LogP) is 7.49. The molecule has 3 aromatic carbocycles. The fourth-order valence-electron chi connectivity index (χ4n) is 3.56. The lowest BCUT2D eigenvalue weighted by molar-refractivity contribution is 0.198. The van der Waals surface area contributed by atoms with Crippen LogP contribution < -0.4 is 14.2 Å². The first-order valence-electron chi connectivity index (χ1n) is 12.1. The second kappa shape index (κ2) is 10.9. The number of ether oxygens (including phenoxy) is 2. The fourth-order valence-corrected chi connectivity index (χ4v) is 5.79. The summed E-state index contributed by atoms with van der Waals surface area (Å²) >= 11 is 1.28. The van der Waals surface area contributed by atoms with Crippen molar-refractivity contribution >= 4 is 26.5 Å². The molecule has 6 nitrogen and oxygen atoms in total. The molecule has 194 valence electrons. The largest absolute Gasteiger partial charge is 0.493 e. The van der Waals surface area contributed by atoms with Crippen molar-refractivity contribution in [3.63, 3.8) is 0 Å². The number of aromatic nitrogens is 1. The first-order valence-corrected chi connectivity index (χ1v) is 14.4. The highest BCUT2D eigenvalue weighted by Gasteiger charge is 2.23. The third-order valence-electron chi connectivity index (χ3n) is 5.18. The van der Waals surface area contributed by atoms with Crippen molar-refractivity contribution in [2.24, 2.45) is 5.41 Å². The number of benzene rings is 3. The normalized spacial score (nSPS) is 11.9. The number of thiazole rings is 1. The summed E-state index contributed by atoms with van der Waals surface area (Å²) in [6.45, 7) is 10.9. The summed E-state index contributed by atoms with van der Waals surface area (Å²) in [6, 6.07) is 23.7. The Labute approximate surface area is 223 Å². The van der Waals surface area contributed by atoms with Crippen LogP contribution in [0.25, 0.3) is 21.7 Å². The number of rotatable bonds is 9. The Morgan fingerprint density at radius 1 is 0.946 bits per heavy atom. The van der Waals surface area contributed by atoms with Crippen LogP contribution in [0.3, 0.4) is 0 Å². The van der Waals surface area contributed by atoms with Crippen LogP contribution in [-0.2, 0) is 10.0 Å². The van der Waals surface area contributed by atoms with Gasteiger partial charge in [0.25, 0.3) is 10.0 Å². The summed E-state index contributed by atoms with van der Waals surface area (Å²) in [7, 11) is -3.80. The Morgan fingerprint density at radius 3 is 2.35 bits per heavy atom. The Bertz CT molecular complexity index is 1460. The first kappa shape index (κ1) is 26.7. The Balaban J connectivity index is 1.80. The minimum atomic E-state index is -3.80. The number of hydrogen-bond donors (Lipinski definition) is 1. The lowest BCUT2D eigenvalue weighted by Crippen LogP contribution is -2.16. The smallest absolute Gasteiger partial charge is 0.263 e. The van der Waals surface area contributed by atoms with Crippen molar-refractivity contribution in [2.75, 3.05) is 11.3 Å². The van der Waals surface area contributed by atoms with Gasteiger partial charge in [-0.05, 0) is 61.2 Å². The maximum absolute atomic E-state index is 13.1. The lowest BCUT2D eigenvalue weighted by Gasteiger charge is -2.19. The van der Waals surface area contributed by atoms with Gasteiger partial charge in [-0.1, -0.05) is 74.6 Å². The van der Waals surface area contributed by atoms with Gasteiger partial charge in [-0.15, -0.1) is 0 Å². The molecule has 0 radical (unpaired) electrons. The maximum Gasteiger partial charge on any atom is 0.263 e. The zero-order chi connectivity index (χ0) is 26.6. The minimum Gasteiger partial charge on any atom is -0.493 e. The zero-order valence-corrected chi connectivity index (χ0v) is 23.3. The summed E-state index contributed by atoms with van der Waals surface area (Å²) in [6.07, 6.45) is -0.0339. The molecule has 0 aliphatic heterocycles. The molecule has 0 fully saturated rings. The Kier molecular flexibility index (Phi) is 7.90. The number of para-hydroxylation sites is 1. The van der Waals surface area contributed by atoms with Crippen molar-refractivity contribution in [1.82, 2.24) is 4.98 Å². The molecule has 0 amide bonds. The van der Waals surface area contributed by atoms with Crippen molar-refractivity contribution in [2.45, 2.75) is 45.6 Å². The molecule has 1 heterocycles. The average Bonchev–Trinajstić information content (AvgIpc) is 3.26. The minimum absolute atomic E-state index is 0.0155. The predicted molar refractivity (Wildman–Crippen MR) is 151 cm³/mol. The van der Waals surface area contributed by atoms with Gasteiger partial charge in [0.1, 0.15) is 11.5 Å². The van der Waals surface area contributed by atoms with E-state index in [-0.39, 0.29) is 21.5 Å². The van der Waals surface area contributed by atoms with E-state index >= 15 is 0 Å². The fraction of sp³-hybridized carbons (Fsp3) is 0.276. The van der Waals surface area contributed by atoms with Gasteiger partial charge in [-0.3, -0.25) is 4.72 Å². The van der Waals surface area contributed by atoms with Gasteiger partial charge < -0.3 is 9.47 Å². The van der Waals surface area contributed by atoms with Gasteiger partial charge in [-0.2, -0.15) is 0 Å². The molecule has 1 aromatic heterocycles. The molecule has 0 spiro atoms. The summed E-state index contributed by atoms with van der Waals surface area (Å²) in [4.78, 5) is 5.75. The molecule has 0 bridgehead atoms. The van der Waals surface area contributed by atoms with E-state index in [0.29, 0.717) is 18.1 Å². The molecular formula is C29H32N2O4S2. The summed E-state index contributed by atoms with van der Waals surface area (Å²) < 4.78 is 40.9. The molecule has 4 rings (SSSR count). The van der Waals surface area contributed by atoms with Crippen molar-refractivity contribution < 1.29 is 17.9 Å². The molecule has 37 heavy (non-hydrogen) atoms. The van der Waals surface area contributed by atoms with Crippen LogP contribution in [0, 0.1) is 5.41 Å². The number of nitrogens with zero attached hydrogens (tertiary/aromatic N) is 1. The van der Waals surface area contributed by atoms with Crippen LogP contribution in [0.2, 0.25) is 0 Å². The molecule has 0 aliphatic rings. The molecule has 0 aliphatic carbocycles. The first-order chi connectivity index (χ1) is 17.5. The van der Waals surface area contributed by atoms with Gasteiger partial charge in [0.05, 0.1) is 28.2 Å². The summed E-state index contributed by atoms with van der Waals surface area (Å²) in [5.74, 6) is 1.42. The highest BCUT2D eigenvalue weighted by molar-refractivity contribution is 7.93. The van der Waals surface area contributed by atoms with Crippen molar-refractivity contribution in [3.8, 4) is 33.2 Å². The van der Waals surface area contributed by atoms with E-state index < -0.39 is 10.0 Å². The number of anilines is 1. The SMILES string of the molecule is CC(C)Oc1ccccc1-c1nc(NS(=O)(=O)c2ccccc2)sc1-c1cccc(OCC(C)(C)C)c1. The molecule has 0 saturated carbocycles. The van der Waals surface area contributed by atoms with Gasteiger partial charge in [0.2, 0.25) is 0 Å². The standard InChI is InChI=1S/C29H32N2O4S2/c1-20(2)35-25-17-10-9-16-24(25)26-27(21-12-11-13-22(18-21)34-19-29(3,4)5)36-28(30-26)31-37(32,33)23-14-7-6-8-15-23/h6-18,20H,19H2,1-5H3,(H,30,31). The lowest BCUT2D eigenvalue weighted by atomic mass is 9.99. The maximum atomic E-state index is 13.1. The van der Waals surface area contributed by atoms with Crippen molar-refractivity contribution in [1.29, 1.82) is 0 Å². The second-order valence-corrected chi connectivity index (χ2v) is 12.8.